The second-order valence-electron chi connectivity index (χ2n) is 5.29. The van der Waals surface area contributed by atoms with Gasteiger partial charge in [-0.25, -0.2) is 4.79 Å². The summed E-state index contributed by atoms with van der Waals surface area (Å²) in [6.45, 7) is 9.02. The zero-order valence-corrected chi connectivity index (χ0v) is 13.4. The third-order valence-electron chi connectivity index (χ3n) is 3.23. The zero-order chi connectivity index (χ0) is 15.3. The van der Waals surface area contributed by atoms with Gasteiger partial charge in [-0.15, -0.1) is 11.3 Å². The van der Waals surface area contributed by atoms with E-state index < -0.39 is 5.97 Å². The summed E-state index contributed by atoms with van der Waals surface area (Å²) in [5.74, 6) is -0.643. The highest BCUT2D eigenvalue weighted by molar-refractivity contribution is 7.15. The molecule has 1 amide bonds. The zero-order valence-electron chi connectivity index (χ0n) is 12.5. The molecule has 0 radical (unpaired) electrons. The Kier molecular flexibility index (Phi) is 6.20. The summed E-state index contributed by atoms with van der Waals surface area (Å²) in [4.78, 5) is 26.1. The van der Waals surface area contributed by atoms with Gasteiger partial charge in [0.05, 0.1) is 4.88 Å². The number of carbonyl (C=O) groups is 2. The molecule has 0 aliphatic rings. The smallest absolute Gasteiger partial charge is 0.345 e. The number of carboxylic acid groups (broad SMARTS) is 1. The van der Waals surface area contributed by atoms with Gasteiger partial charge in [0.1, 0.15) is 4.88 Å². The summed E-state index contributed by atoms with van der Waals surface area (Å²) in [7, 11) is 0. The third kappa shape index (κ3) is 4.07. The van der Waals surface area contributed by atoms with Gasteiger partial charge in [0.15, 0.2) is 0 Å². The Morgan fingerprint density at radius 2 is 1.75 bits per heavy atom. The lowest BCUT2D eigenvalue weighted by molar-refractivity contribution is 0.0644. The first kappa shape index (κ1) is 16.7. The normalized spacial score (nSPS) is 11.1. The van der Waals surface area contributed by atoms with Gasteiger partial charge >= 0.3 is 5.97 Å². The minimum atomic E-state index is -0.980. The van der Waals surface area contributed by atoms with Crippen molar-refractivity contribution in [3.05, 3.63) is 21.9 Å². The van der Waals surface area contributed by atoms with Gasteiger partial charge < -0.3 is 10.0 Å². The van der Waals surface area contributed by atoms with E-state index >= 15 is 0 Å². The summed E-state index contributed by atoms with van der Waals surface area (Å²) in [6.07, 6.45) is 1.82. The summed E-state index contributed by atoms with van der Waals surface area (Å²) in [6, 6.07) is 3.33. The number of thiophene rings is 1. The number of amides is 1. The maximum absolute atomic E-state index is 12.6. The predicted molar refractivity (Wildman–Crippen MR) is 81.5 cm³/mol. The van der Waals surface area contributed by atoms with Crippen LogP contribution in [0.15, 0.2) is 12.1 Å². The van der Waals surface area contributed by atoms with Gasteiger partial charge in [0, 0.05) is 12.6 Å². The van der Waals surface area contributed by atoms with Crippen LogP contribution in [0.25, 0.3) is 0 Å². The van der Waals surface area contributed by atoms with Crippen molar-refractivity contribution in [1.82, 2.24) is 4.90 Å². The van der Waals surface area contributed by atoms with E-state index in [4.69, 9.17) is 5.11 Å². The quantitative estimate of drug-likeness (QED) is 0.834. The molecule has 112 valence electrons. The standard InChI is InChI=1S/C15H23NO3S/c1-5-11(6-2)16(9-10(3)4)14(17)12-7-8-13(20-12)15(18)19/h7-8,10-11H,5-6,9H2,1-4H3,(H,18,19). The van der Waals surface area contributed by atoms with Crippen molar-refractivity contribution in [2.75, 3.05) is 6.54 Å². The molecule has 0 atom stereocenters. The summed E-state index contributed by atoms with van der Waals surface area (Å²) < 4.78 is 0. The largest absolute Gasteiger partial charge is 0.477 e. The second kappa shape index (κ2) is 7.43. The van der Waals surface area contributed by atoms with Crippen molar-refractivity contribution in [1.29, 1.82) is 0 Å². The van der Waals surface area contributed by atoms with Crippen LogP contribution in [-0.4, -0.2) is 34.5 Å². The van der Waals surface area contributed by atoms with E-state index in [1.54, 1.807) is 6.07 Å². The van der Waals surface area contributed by atoms with Gasteiger partial charge in [0.25, 0.3) is 5.91 Å². The third-order valence-corrected chi connectivity index (χ3v) is 4.29. The van der Waals surface area contributed by atoms with Crippen molar-refractivity contribution < 1.29 is 14.7 Å². The average molecular weight is 297 g/mol. The first-order valence-corrected chi connectivity index (χ1v) is 7.86. The number of aromatic carboxylic acids is 1. The Balaban J connectivity index is 2.99. The van der Waals surface area contributed by atoms with Crippen LogP contribution in [0.3, 0.4) is 0 Å². The van der Waals surface area contributed by atoms with Gasteiger partial charge in [-0.2, -0.15) is 0 Å². The molecule has 0 spiro atoms. The number of carboxylic acids is 1. The molecule has 1 aromatic rings. The summed E-state index contributed by atoms with van der Waals surface area (Å²) in [5.41, 5.74) is 0. The van der Waals surface area contributed by atoms with E-state index in [9.17, 15) is 9.59 Å². The van der Waals surface area contributed by atoms with E-state index in [1.807, 2.05) is 4.90 Å². The maximum Gasteiger partial charge on any atom is 0.345 e. The monoisotopic (exact) mass is 297 g/mol. The molecule has 4 nitrogen and oxygen atoms in total. The van der Waals surface area contributed by atoms with E-state index in [2.05, 4.69) is 27.7 Å². The molecule has 5 heteroatoms. The van der Waals surface area contributed by atoms with E-state index in [0.717, 1.165) is 24.2 Å². The van der Waals surface area contributed by atoms with Crippen LogP contribution in [0.4, 0.5) is 0 Å². The summed E-state index contributed by atoms with van der Waals surface area (Å²) >= 11 is 1.05. The number of rotatable bonds is 7. The Morgan fingerprint density at radius 3 is 2.15 bits per heavy atom. The molecule has 1 heterocycles. The van der Waals surface area contributed by atoms with Crippen LogP contribution in [0.5, 0.6) is 0 Å². The fourth-order valence-corrected chi connectivity index (χ4v) is 3.03. The number of hydrogen-bond acceptors (Lipinski definition) is 3. The van der Waals surface area contributed by atoms with Crippen LogP contribution < -0.4 is 0 Å². The fraction of sp³-hybridized carbons (Fsp3) is 0.600. The Labute approximate surface area is 124 Å². The van der Waals surface area contributed by atoms with Gasteiger partial charge in [-0.1, -0.05) is 27.7 Å². The van der Waals surface area contributed by atoms with Crippen molar-refractivity contribution >= 4 is 23.2 Å². The number of hydrogen-bond donors (Lipinski definition) is 1. The molecule has 0 saturated carbocycles. The van der Waals surface area contributed by atoms with Crippen molar-refractivity contribution in [2.24, 2.45) is 5.92 Å². The van der Waals surface area contributed by atoms with Crippen LogP contribution in [0, 0.1) is 5.92 Å². The van der Waals surface area contributed by atoms with E-state index in [1.165, 1.54) is 6.07 Å². The number of carbonyl (C=O) groups excluding carboxylic acids is 1. The lowest BCUT2D eigenvalue weighted by Gasteiger charge is -2.31. The highest BCUT2D eigenvalue weighted by Gasteiger charge is 2.25. The minimum Gasteiger partial charge on any atom is -0.477 e. The van der Waals surface area contributed by atoms with Gasteiger partial charge in [0.2, 0.25) is 0 Å². The SMILES string of the molecule is CCC(CC)N(CC(C)C)C(=O)c1ccc(C(=O)O)s1. The molecule has 0 saturated heterocycles. The van der Waals surface area contributed by atoms with Crippen LogP contribution in [0.1, 0.15) is 59.9 Å². The Morgan fingerprint density at radius 1 is 1.20 bits per heavy atom. The van der Waals surface area contributed by atoms with Gasteiger partial charge in [-0.3, -0.25) is 4.79 Å². The molecule has 0 bridgehead atoms. The topological polar surface area (TPSA) is 57.6 Å². The predicted octanol–water partition coefficient (Wildman–Crippen LogP) is 3.73. The molecule has 0 aromatic carbocycles. The molecular formula is C15H23NO3S. The average Bonchev–Trinajstić information content (AvgIpc) is 2.87. The molecule has 1 aromatic heterocycles. The Bertz CT molecular complexity index is 463. The van der Waals surface area contributed by atoms with Crippen molar-refractivity contribution in [3.8, 4) is 0 Å². The second-order valence-corrected chi connectivity index (χ2v) is 6.37. The van der Waals surface area contributed by atoms with Gasteiger partial charge in [-0.05, 0) is 30.9 Å². The van der Waals surface area contributed by atoms with E-state index in [0.29, 0.717) is 17.3 Å². The number of nitrogens with zero attached hydrogens (tertiary/aromatic N) is 1. The van der Waals surface area contributed by atoms with Crippen LogP contribution in [-0.2, 0) is 0 Å². The van der Waals surface area contributed by atoms with Crippen molar-refractivity contribution in [3.63, 3.8) is 0 Å². The molecule has 0 aliphatic heterocycles. The van der Waals surface area contributed by atoms with Crippen LogP contribution >= 0.6 is 11.3 Å². The Hall–Kier alpha value is -1.36. The lowest BCUT2D eigenvalue weighted by Crippen LogP contribution is -2.41. The molecule has 0 aliphatic carbocycles. The first-order chi connectivity index (χ1) is 9.40. The lowest BCUT2D eigenvalue weighted by atomic mass is 10.1. The van der Waals surface area contributed by atoms with E-state index in [-0.39, 0.29) is 16.8 Å². The first-order valence-electron chi connectivity index (χ1n) is 7.04. The highest BCUT2D eigenvalue weighted by atomic mass is 32.1. The molecule has 0 unspecified atom stereocenters. The molecule has 1 rings (SSSR count). The fourth-order valence-electron chi connectivity index (χ4n) is 2.23. The molecule has 0 fully saturated rings. The maximum atomic E-state index is 12.6. The summed E-state index contributed by atoms with van der Waals surface area (Å²) in [5, 5.41) is 8.95. The molecule has 20 heavy (non-hydrogen) atoms. The van der Waals surface area contributed by atoms with Crippen LogP contribution in [0.2, 0.25) is 0 Å². The highest BCUT2D eigenvalue weighted by Crippen LogP contribution is 2.22. The molecule has 1 N–H and O–H groups in total. The molecular weight excluding hydrogens is 274 g/mol. The minimum absolute atomic E-state index is 0.0510. The van der Waals surface area contributed by atoms with Crippen molar-refractivity contribution in [2.45, 2.75) is 46.6 Å².